The topological polar surface area (TPSA) is 123 Å². The molecular formula is C23H42N2O8. The van der Waals surface area contributed by atoms with Crippen LogP contribution in [0.25, 0.3) is 0 Å². The van der Waals surface area contributed by atoms with Gasteiger partial charge in [0.1, 0.15) is 0 Å². The Morgan fingerprint density at radius 2 is 1.03 bits per heavy atom. The first-order valence-electron chi connectivity index (χ1n) is 11.5. The fraction of sp³-hybridized carbons (Fsp3) is 0.739. The second-order valence-corrected chi connectivity index (χ2v) is 7.01. The molecule has 10 nitrogen and oxygen atoms in total. The van der Waals surface area contributed by atoms with Crippen LogP contribution in [0.4, 0.5) is 11.4 Å². The Bertz CT molecular complexity index is 565. The van der Waals surface area contributed by atoms with Crippen molar-refractivity contribution in [2.75, 3.05) is 117 Å². The molecular weight excluding hydrogens is 432 g/mol. The Morgan fingerprint density at radius 3 is 1.42 bits per heavy atom. The highest BCUT2D eigenvalue weighted by Gasteiger charge is 1.98. The molecule has 1 aromatic carbocycles. The summed E-state index contributed by atoms with van der Waals surface area (Å²) in [5.41, 5.74) is 8.71. The molecule has 0 aromatic heterocycles. The van der Waals surface area contributed by atoms with Gasteiger partial charge in [0.15, 0.2) is 0 Å². The summed E-state index contributed by atoms with van der Waals surface area (Å²) in [5.74, 6) is 0. The minimum absolute atomic E-state index is 0.0308. The molecule has 10 heteroatoms. The third-order valence-electron chi connectivity index (χ3n) is 4.28. The number of anilines is 2. The van der Waals surface area contributed by atoms with E-state index in [0.717, 1.165) is 23.5 Å². The molecule has 33 heavy (non-hydrogen) atoms. The highest BCUT2D eigenvalue weighted by molar-refractivity contribution is 5.57. The van der Waals surface area contributed by atoms with Gasteiger partial charge >= 0.3 is 0 Å². The number of ether oxygens (including phenoxy) is 7. The van der Waals surface area contributed by atoms with Crippen molar-refractivity contribution in [3.05, 3.63) is 23.8 Å². The number of nitrogens with one attached hydrogen (secondary N) is 1. The molecule has 0 spiro atoms. The predicted octanol–water partition coefficient (Wildman–Crippen LogP) is 1.10. The molecule has 0 aliphatic heterocycles. The average molecular weight is 475 g/mol. The molecule has 0 amide bonds. The van der Waals surface area contributed by atoms with E-state index in [1.54, 1.807) is 0 Å². The minimum atomic E-state index is 0.0308. The van der Waals surface area contributed by atoms with E-state index in [0.29, 0.717) is 92.5 Å². The molecule has 192 valence electrons. The first-order chi connectivity index (χ1) is 16.2. The number of nitrogen functional groups attached to an aromatic ring is 1. The lowest BCUT2D eigenvalue weighted by molar-refractivity contribution is -0.0212. The third-order valence-corrected chi connectivity index (χ3v) is 4.28. The molecule has 0 atom stereocenters. The zero-order valence-electron chi connectivity index (χ0n) is 19.9. The van der Waals surface area contributed by atoms with Crippen LogP contribution in [0.15, 0.2) is 18.2 Å². The van der Waals surface area contributed by atoms with Gasteiger partial charge in [0.25, 0.3) is 0 Å². The van der Waals surface area contributed by atoms with E-state index >= 15 is 0 Å². The van der Waals surface area contributed by atoms with E-state index in [2.05, 4.69) is 5.32 Å². The Hall–Kier alpha value is -1.50. The summed E-state index contributed by atoms with van der Waals surface area (Å²) in [7, 11) is 0. The summed E-state index contributed by atoms with van der Waals surface area (Å²) in [6, 6.07) is 5.80. The third kappa shape index (κ3) is 18.6. The summed E-state index contributed by atoms with van der Waals surface area (Å²) in [6.07, 6.45) is 0. The Kier molecular flexibility index (Phi) is 20.0. The SMILES string of the molecule is Cc1cc(N)ccc1NCCOCCOCCOCCOCCOCCOCCOCCO. The maximum Gasteiger partial charge on any atom is 0.0701 e. The van der Waals surface area contributed by atoms with Crippen LogP contribution in [0, 0.1) is 6.92 Å². The number of hydrogen-bond acceptors (Lipinski definition) is 10. The van der Waals surface area contributed by atoms with Crippen molar-refractivity contribution in [1.82, 2.24) is 0 Å². The predicted molar refractivity (Wildman–Crippen MR) is 127 cm³/mol. The lowest BCUT2D eigenvalue weighted by atomic mass is 10.2. The van der Waals surface area contributed by atoms with Crippen molar-refractivity contribution in [3.63, 3.8) is 0 Å². The molecule has 0 saturated carbocycles. The first kappa shape index (κ1) is 29.5. The molecule has 0 saturated heterocycles. The molecule has 4 N–H and O–H groups in total. The lowest BCUT2D eigenvalue weighted by Crippen LogP contribution is -2.15. The fourth-order valence-electron chi connectivity index (χ4n) is 2.63. The van der Waals surface area contributed by atoms with Crippen LogP contribution in [0.3, 0.4) is 0 Å². The lowest BCUT2D eigenvalue weighted by Gasteiger charge is -2.11. The Balaban J connectivity index is 1.71. The summed E-state index contributed by atoms with van der Waals surface area (Å²) in [6.45, 7) is 9.95. The Labute approximate surface area is 197 Å². The molecule has 0 fully saturated rings. The van der Waals surface area contributed by atoms with Gasteiger partial charge in [0.05, 0.1) is 99.1 Å². The average Bonchev–Trinajstić information content (AvgIpc) is 2.80. The summed E-state index contributed by atoms with van der Waals surface area (Å²) >= 11 is 0. The zero-order chi connectivity index (χ0) is 23.8. The van der Waals surface area contributed by atoms with Crippen LogP contribution in [0.5, 0.6) is 0 Å². The number of rotatable bonds is 24. The molecule has 1 rings (SSSR count). The van der Waals surface area contributed by atoms with E-state index in [4.69, 9.17) is 44.0 Å². The van der Waals surface area contributed by atoms with Crippen LogP contribution in [0.2, 0.25) is 0 Å². The van der Waals surface area contributed by atoms with Crippen molar-refractivity contribution in [2.24, 2.45) is 0 Å². The number of benzene rings is 1. The van der Waals surface area contributed by atoms with Crippen molar-refractivity contribution >= 4 is 11.4 Å². The van der Waals surface area contributed by atoms with Crippen molar-refractivity contribution in [2.45, 2.75) is 6.92 Å². The van der Waals surface area contributed by atoms with E-state index < -0.39 is 0 Å². The summed E-state index contributed by atoms with van der Waals surface area (Å²) < 4.78 is 37.7. The molecule has 0 unspecified atom stereocenters. The van der Waals surface area contributed by atoms with Gasteiger partial charge in [0, 0.05) is 17.9 Å². The summed E-state index contributed by atoms with van der Waals surface area (Å²) in [5, 5.41) is 11.9. The number of aliphatic hydroxyl groups is 1. The number of aryl methyl sites for hydroxylation is 1. The van der Waals surface area contributed by atoms with Crippen LogP contribution in [0.1, 0.15) is 5.56 Å². The number of nitrogens with two attached hydrogens (primary N) is 1. The van der Waals surface area contributed by atoms with Gasteiger partial charge < -0.3 is 49.3 Å². The van der Waals surface area contributed by atoms with E-state index in [-0.39, 0.29) is 6.61 Å². The van der Waals surface area contributed by atoms with Crippen molar-refractivity contribution in [1.29, 1.82) is 0 Å². The highest BCUT2D eigenvalue weighted by atomic mass is 16.6. The van der Waals surface area contributed by atoms with Gasteiger partial charge in [-0.05, 0) is 30.7 Å². The van der Waals surface area contributed by atoms with Crippen LogP contribution in [-0.2, 0) is 33.2 Å². The molecule has 0 bridgehead atoms. The van der Waals surface area contributed by atoms with Gasteiger partial charge in [-0.15, -0.1) is 0 Å². The molecule has 0 heterocycles. The minimum Gasteiger partial charge on any atom is -0.399 e. The highest BCUT2D eigenvalue weighted by Crippen LogP contribution is 2.17. The van der Waals surface area contributed by atoms with E-state index in [1.165, 1.54) is 0 Å². The maximum absolute atomic E-state index is 8.55. The monoisotopic (exact) mass is 474 g/mol. The van der Waals surface area contributed by atoms with Gasteiger partial charge in [-0.3, -0.25) is 0 Å². The van der Waals surface area contributed by atoms with Gasteiger partial charge in [-0.1, -0.05) is 0 Å². The molecule has 0 radical (unpaired) electrons. The fourth-order valence-corrected chi connectivity index (χ4v) is 2.63. The summed E-state index contributed by atoms with van der Waals surface area (Å²) in [4.78, 5) is 0. The smallest absolute Gasteiger partial charge is 0.0701 e. The first-order valence-corrected chi connectivity index (χ1v) is 11.5. The second kappa shape index (κ2) is 22.3. The van der Waals surface area contributed by atoms with Crippen LogP contribution >= 0.6 is 0 Å². The Morgan fingerprint density at radius 1 is 0.636 bits per heavy atom. The molecule has 0 aliphatic carbocycles. The van der Waals surface area contributed by atoms with E-state index in [1.807, 2.05) is 25.1 Å². The van der Waals surface area contributed by atoms with Crippen LogP contribution in [-0.4, -0.2) is 111 Å². The van der Waals surface area contributed by atoms with E-state index in [9.17, 15) is 0 Å². The normalized spacial score (nSPS) is 11.2. The maximum atomic E-state index is 8.55. The standard InChI is InChI=1S/C23H42N2O8/c1-21-20-22(24)2-3-23(21)25-4-6-27-8-10-29-12-14-31-16-18-33-19-17-32-15-13-30-11-9-28-7-5-26/h2-3,20,25-26H,4-19,24H2,1H3. The van der Waals surface area contributed by atoms with Crippen LogP contribution < -0.4 is 11.1 Å². The quantitative estimate of drug-likeness (QED) is 0.148. The van der Waals surface area contributed by atoms with Gasteiger partial charge in [0.2, 0.25) is 0 Å². The van der Waals surface area contributed by atoms with Crippen molar-refractivity contribution in [3.8, 4) is 0 Å². The largest absolute Gasteiger partial charge is 0.399 e. The number of aliphatic hydroxyl groups excluding tert-OH is 1. The van der Waals surface area contributed by atoms with Crippen molar-refractivity contribution < 1.29 is 38.3 Å². The molecule has 1 aromatic rings. The zero-order valence-corrected chi connectivity index (χ0v) is 19.9. The molecule has 0 aliphatic rings. The van der Waals surface area contributed by atoms with Gasteiger partial charge in [-0.2, -0.15) is 0 Å². The second-order valence-electron chi connectivity index (χ2n) is 7.01. The van der Waals surface area contributed by atoms with Gasteiger partial charge in [-0.25, -0.2) is 0 Å². The number of hydrogen-bond donors (Lipinski definition) is 3.